The summed E-state index contributed by atoms with van der Waals surface area (Å²) in [6.45, 7) is 3.52. The molecule has 0 amide bonds. The third kappa shape index (κ3) is 27.9. The predicted molar refractivity (Wildman–Crippen MR) is 128 cm³/mol. The molecular formula is C22H36K2O12S2. The van der Waals surface area contributed by atoms with Crippen LogP contribution in [0, 0.1) is 0 Å². The van der Waals surface area contributed by atoms with Crippen LogP contribution in [0.4, 0.5) is 0 Å². The first-order valence-electron chi connectivity index (χ1n) is 11.7. The smallest absolute Gasteiger partial charge is 0.748 e. The van der Waals surface area contributed by atoms with Crippen molar-refractivity contribution in [2.75, 3.05) is 77.6 Å². The Labute approximate surface area is 311 Å². The SMILES string of the molecule is O=S(=O)([O-])CCCCOCCOCCOc1ccccc1OCCOCCOCCCCS(=O)(=O)[O-].[K+].[K+]. The van der Waals surface area contributed by atoms with E-state index >= 15 is 0 Å². The summed E-state index contributed by atoms with van der Waals surface area (Å²) in [6.07, 6.45) is 1.57. The fourth-order valence-electron chi connectivity index (χ4n) is 2.72. The molecule has 0 fully saturated rings. The number of unbranched alkanes of at least 4 members (excludes halogenated alkanes) is 2. The Morgan fingerprint density at radius 3 is 1.16 bits per heavy atom. The first-order valence-corrected chi connectivity index (χ1v) is 14.9. The second-order valence-electron chi connectivity index (χ2n) is 7.53. The van der Waals surface area contributed by atoms with Crippen LogP contribution in [0.15, 0.2) is 24.3 Å². The van der Waals surface area contributed by atoms with E-state index in [1.54, 1.807) is 12.1 Å². The van der Waals surface area contributed by atoms with Crippen molar-refractivity contribution >= 4 is 20.2 Å². The van der Waals surface area contributed by atoms with Crippen LogP contribution in [0.2, 0.25) is 0 Å². The van der Waals surface area contributed by atoms with Gasteiger partial charge in [-0.25, -0.2) is 16.8 Å². The van der Waals surface area contributed by atoms with Crippen molar-refractivity contribution in [1.29, 1.82) is 0 Å². The van der Waals surface area contributed by atoms with Crippen molar-refractivity contribution in [3.63, 3.8) is 0 Å². The van der Waals surface area contributed by atoms with Gasteiger partial charge in [0.15, 0.2) is 11.5 Å². The van der Waals surface area contributed by atoms with E-state index in [0.29, 0.717) is 90.4 Å². The van der Waals surface area contributed by atoms with Gasteiger partial charge in [-0.1, -0.05) is 12.1 Å². The molecule has 0 N–H and O–H groups in total. The quantitative estimate of drug-likeness (QED) is 0.0605. The molecule has 0 aliphatic rings. The number of hydrogen-bond acceptors (Lipinski definition) is 12. The van der Waals surface area contributed by atoms with Crippen LogP contribution in [0.1, 0.15) is 25.7 Å². The van der Waals surface area contributed by atoms with Crippen LogP contribution in [0.3, 0.4) is 0 Å². The number of rotatable bonds is 24. The number of ether oxygens (including phenoxy) is 6. The van der Waals surface area contributed by atoms with Gasteiger partial charge in [-0.2, -0.15) is 0 Å². The summed E-state index contributed by atoms with van der Waals surface area (Å²) in [6, 6.07) is 7.23. The average molecular weight is 635 g/mol. The van der Waals surface area contributed by atoms with Gasteiger partial charge in [-0.3, -0.25) is 0 Å². The van der Waals surface area contributed by atoms with Crippen molar-refractivity contribution in [2.24, 2.45) is 0 Å². The molecule has 1 aromatic carbocycles. The molecule has 0 atom stereocenters. The molecule has 0 spiro atoms. The van der Waals surface area contributed by atoms with Gasteiger partial charge in [0.05, 0.1) is 59.9 Å². The Morgan fingerprint density at radius 1 is 0.500 bits per heavy atom. The van der Waals surface area contributed by atoms with E-state index in [-0.39, 0.29) is 127 Å². The summed E-state index contributed by atoms with van der Waals surface area (Å²) < 4.78 is 95.8. The normalized spacial score (nSPS) is 11.4. The molecule has 1 aromatic rings. The summed E-state index contributed by atoms with van der Waals surface area (Å²) in [5.74, 6) is 0.409. The van der Waals surface area contributed by atoms with Crippen LogP contribution < -0.4 is 112 Å². The van der Waals surface area contributed by atoms with Crippen LogP contribution in [0.25, 0.3) is 0 Å². The molecular weight excluding hydrogens is 599 g/mol. The summed E-state index contributed by atoms with van der Waals surface area (Å²) in [5.41, 5.74) is 0. The summed E-state index contributed by atoms with van der Waals surface area (Å²) >= 11 is 0. The van der Waals surface area contributed by atoms with Gasteiger partial charge in [-0.15, -0.1) is 0 Å². The van der Waals surface area contributed by atoms with Gasteiger partial charge >= 0.3 is 103 Å². The third-order valence-corrected chi connectivity index (χ3v) is 6.01. The molecule has 16 heteroatoms. The van der Waals surface area contributed by atoms with Crippen LogP contribution in [0.5, 0.6) is 11.5 Å². The molecule has 0 unspecified atom stereocenters. The van der Waals surface area contributed by atoms with E-state index in [1.165, 1.54) is 0 Å². The Morgan fingerprint density at radius 2 is 0.816 bits per heavy atom. The standard InChI is InChI=1S/C22H38O12S2.2K/c23-35(24,25)19-5-3-9-29-11-13-31-15-17-33-21-7-1-2-8-22(21)34-18-16-32-14-12-30-10-4-6-20-36(26,27)28;;/h1-2,7-8H,3-6,9-20H2,(H,23,24,25)(H,26,27,28);;/q;2*+1/p-2. The molecule has 0 aliphatic heterocycles. The monoisotopic (exact) mass is 634 g/mol. The maximum Gasteiger partial charge on any atom is 1.00 e. The molecule has 0 heterocycles. The van der Waals surface area contributed by atoms with Crippen LogP contribution in [-0.2, 0) is 39.2 Å². The van der Waals surface area contributed by atoms with E-state index in [1.807, 2.05) is 12.1 Å². The molecule has 12 nitrogen and oxygen atoms in total. The zero-order chi connectivity index (χ0) is 26.5. The summed E-state index contributed by atoms with van der Waals surface area (Å²) in [4.78, 5) is 0. The molecule has 0 aliphatic carbocycles. The van der Waals surface area contributed by atoms with E-state index in [9.17, 15) is 25.9 Å². The third-order valence-electron chi connectivity index (χ3n) is 4.43. The average Bonchev–Trinajstić information content (AvgIpc) is 2.80. The minimum absolute atomic E-state index is 0. The Bertz CT molecular complexity index is 828. The summed E-state index contributed by atoms with van der Waals surface area (Å²) in [7, 11) is -8.32. The van der Waals surface area contributed by atoms with Crippen LogP contribution in [-0.4, -0.2) is 104 Å². The van der Waals surface area contributed by atoms with Crippen molar-refractivity contribution in [2.45, 2.75) is 25.7 Å². The van der Waals surface area contributed by atoms with Gasteiger partial charge in [0, 0.05) is 24.7 Å². The number of benzene rings is 1. The fourth-order valence-corrected chi connectivity index (χ4v) is 3.83. The Kier molecular flexibility index (Phi) is 29.1. The Hall–Kier alpha value is 1.75. The van der Waals surface area contributed by atoms with Crippen molar-refractivity contribution in [3.8, 4) is 11.5 Å². The second kappa shape index (κ2) is 26.4. The van der Waals surface area contributed by atoms with Gasteiger partial charge < -0.3 is 37.5 Å². The van der Waals surface area contributed by atoms with Gasteiger partial charge in [0.25, 0.3) is 0 Å². The van der Waals surface area contributed by atoms with Crippen molar-refractivity contribution in [1.82, 2.24) is 0 Å². The first kappa shape index (κ1) is 41.9. The van der Waals surface area contributed by atoms with E-state index in [0.717, 1.165) is 0 Å². The molecule has 1 rings (SSSR count). The zero-order valence-electron chi connectivity index (χ0n) is 22.3. The van der Waals surface area contributed by atoms with E-state index in [4.69, 9.17) is 28.4 Å². The largest absolute Gasteiger partial charge is 1.00 e. The van der Waals surface area contributed by atoms with E-state index in [2.05, 4.69) is 0 Å². The molecule has 0 saturated heterocycles. The topological polar surface area (TPSA) is 170 Å². The number of hydrogen-bond donors (Lipinski definition) is 0. The van der Waals surface area contributed by atoms with Gasteiger partial charge in [-0.05, 0) is 37.8 Å². The maximum atomic E-state index is 10.5. The van der Waals surface area contributed by atoms with Crippen LogP contribution >= 0.6 is 0 Å². The molecule has 0 radical (unpaired) electrons. The van der Waals surface area contributed by atoms with Crippen molar-refractivity contribution in [3.05, 3.63) is 24.3 Å². The van der Waals surface area contributed by atoms with Gasteiger partial charge in [0.2, 0.25) is 0 Å². The zero-order valence-corrected chi connectivity index (χ0v) is 30.2. The Balaban J connectivity index is 0. The minimum Gasteiger partial charge on any atom is -0.748 e. The molecule has 0 bridgehead atoms. The first-order chi connectivity index (χ1) is 17.2. The summed E-state index contributed by atoms with van der Waals surface area (Å²) in [5, 5.41) is 0. The van der Waals surface area contributed by atoms with Gasteiger partial charge in [0.1, 0.15) is 13.2 Å². The molecule has 0 saturated carbocycles. The minimum atomic E-state index is -4.16. The number of para-hydroxylation sites is 2. The fraction of sp³-hybridized carbons (Fsp3) is 0.727. The van der Waals surface area contributed by atoms with Crippen molar-refractivity contribution < 1.29 is 157 Å². The maximum absolute atomic E-state index is 10.5. The second-order valence-corrected chi connectivity index (χ2v) is 10.6. The molecule has 38 heavy (non-hydrogen) atoms. The molecule has 210 valence electrons. The van der Waals surface area contributed by atoms with E-state index < -0.39 is 20.2 Å². The predicted octanol–water partition coefficient (Wildman–Crippen LogP) is -4.83. The molecule has 0 aromatic heterocycles.